The molecule has 2 aromatic rings. The molecule has 1 amide bonds. The van der Waals surface area contributed by atoms with Crippen LogP contribution in [0.1, 0.15) is 42.6 Å². The van der Waals surface area contributed by atoms with Crippen LogP contribution in [0, 0.1) is 0 Å². The van der Waals surface area contributed by atoms with Gasteiger partial charge in [0.2, 0.25) is 0 Å². The van der Waals surface area contributed by atoms with Gasteiger partial charge in [0.25, 0.3) is 5.91 Å². The Bertz CT molecular complexity index is 703. The third kappa shape index (κ3) is 4.34. The van der Waals surface area contributed by atoms with Crippen molar-refractivity contribution in [1.82, 2.24) is 15.4 Å². The van der Waals surface area contributed by atoms with E-state index in [-0.39, 0.29) is 5.91 Å². The maximum atomic E-state index is 12.1. The van der Waals surface area contributed by atoms with Crippen LogP contribution in [0.15, 0.2) is 28.1 Å². The standard InChI is InChI=1S/C19H25N3O3S/c23-19(16-11-17(25-21-16)18-5-4-10-26-18)20-8-2-1-3-9-22-12-14-6-7-15(13-22)24-14/h4-5,10-11,14-15H,1-3,6-9,12-13H2,(H,20,23). The molecule has 140 valence electrons. The maximum Gasteiger partial charge on any atom is 0.273 e. The van der Waals surface area contributed by atoms with Gasteiger partial charge in [0.05, 0.1) is 17.1 Å². The molecule has 0 aliphatic carbocycles. The number of nitrogens with one attached hydrogen (secondary N) is 1. The third-order valence-electron chi connectivity index (χ3n) is 5.06. The largest absolute Gasteiger partial charge is 0.372 e. The number of aromatic nitrogens is 1. The van der Waals surface area contributed by atoms with Crippen LogP contribution in [-0.4, -0.2) is 54.4 Å². The Morgan fingerprint density at radius 2 is 2.12 bits per heavy atom. The first-order chi connectivity index (χ1) is 12.8. The fraction of sp³-hybridized carbons (Fsp3) is 0.579. The highest BCUT2D eigenvalue weighted by atomic mass is 32.1. The van der Waals surface area contributed by atoms with Gasteiger partial charge in [-0.2, -0.15) is 0 Å². The highest BCUT2D eigenvalue weighted by Crippen LogP contribution is 2.26. The van der Waals surface area contributed by atoms with Crippen molar-refractivity contribution >= 4 is 17.2 Å². The van der Waals surface area contributed by atoms with Gasteiger partial charge in [-0.3, -0.25) is 9.69 Å². The Balaban J connectivity index is 1.11. The summed E-state index contributed by atoms with van der Waals surface area (Å²) in [5.41, 5.74) is 0.345. The van der Waals surface area contributed by atoms with Gasteiger partial charge in [-0.25, -0.2) is 0 Å². The smallest absolute Gasteiger partial charge is 0.273 e. The first-order valence-corrected chi connectivity index (χ1v) is 10.3. The number of fused-ring (bicyclic) bond motifs is 2. The number of amides is 1. The minimum atomic E-state index is -0.165. The van der Waals surface area contributed by atoms with E-state index in [9.17, 15) is 4.79 Å². The average Bonchev–Trinajstić information content (AvgIpc) is 3.38. The van der Waals surface area contributed by atoms with Crippen LogP contribution in [-0.2, 0) is 4.74 Å². The van der Waals surface area contributed by atoms with E-state index in [4.69, 9.17) is 9.26 Å². The lowest BCUT2D eigenvalue weighted by Gasteiger charge is -2.32. The summed E-state index contributed by atoms with van der Waals surface area (Å²) in [6, 6.07) is 5.60. The van der Waals surface area contributed by atoms with Crippen LogP contribution >= 0.6 is 11.3 Å². The molecular weight excluding hydrogens is 350 g/mol. The van der Waals surface area contributed by atoms with Crippen molar-refractivity contribution in [3.05, 3.63) is 29.3 Å². The molecule has 2 aromatic heterocycles. The molecule has 4 rings (SSSR count). The quantitative estimate of drug-likeness (QED) is 0.718. The van der Waals surface area contributed by atoms with Crippen LogP contribution in [0.4, 0.5) is 0 Å². The summed E-state index contributed by atoms with van der Waals surface area (Å²) in [6.45, 7) is 3.99. The molecule has 7 heteroatoms. The van der Waals surface area contributed by atoms with Crippen molar-refractivity contribution < 1.29 is 14.1 Å². The maximum absolute atomic E-state index is 12.1. The molecule has 1 N–H and O–H groups in total. The van der Waals surface area contributed by atoms with Crippen molar-refractivity contribution in [2.45, 2.75) is 44.3 Å². The van der Waals surface area contributed by atoms with Gasteiger partial charge in [-0.05, 0) is 43.7 Å². The van der Waals surface area contributed by atoms with Gasteiger partial charge < -0.3 is 14.6 Å². The molecular formula is C19H25N3O3S. The Hall–Kier alpha value is -1.70. The number of rotatable bonds is 8. The second-order valence-electron chi connectivity index (χ2n) is 7.09. The summed E-state index contributed by atoms with van der Waals surface area (Å²) in [6.07, 6.45) is 6.66. The summed E-state index contributed by atoms with van der Waals surface area (Å²) in [5.74, 6) is 0.478. The van der Waals surface area contributed by atoms with E-state index >= 15 is 0 Å². The minimum absolute atomic E-state index is 0.165. The van der Waals surface area contributed by atoms with Crippen molar-refractivity contribution in [2.75, 3.05) is 26.2 Å². The number of ether oxygens (including phenoxy) is 1. The van der Waals surface area contributed by atoms with E-state index < -0.39 is 0 Å². The Labute approximate surface area is 157 Å². The number of unbranched alkanes of at least 4 members (excludes halogenated alkanes) is 2. The fourth-order valence-corrected chi connectivity index (χ4v) is 4.40. The zero-order chi connectivity index (χ0) is 17.8. The fourth-order valence-electron chi connectivity index (χ4n) is 3.73. The second-order valence-corrected chi connectivity index (χ2v) is 8.03. The predicted molar refractivity (Wildman–Crippen MR) is 100 cm³/mol. The van der Waals surface area contributed by atoms with Crippen molar-refractivity contribution in [3.8, 4) is 10.6 Å². The first-order valence-electron chi connectivity index (χ1n) is 9.44. The molecule has 2 aliphatic heterocycles. The van der Waals surface area contributed by atoms with Gasteiger partial charge in [-0.15, -0.1) is 11.3 Å². The zero-order valence-electron chi connectivity index (χ0n) is 14.9. The van der Waals surface area contributed by atoms with Crippen LogP contribution in [0.5, 0.6) is 0 Å². The number of hydrogen-bond acceptors (Lipinski definition) is 6. The number of likely N-dealkylation sites (tertiary alicyclic amines) is 1. The number of nitrogens with zero attached hydrogens (tertiary/aromatic N) is 2. The van der Waals surface area contributed by atoms with E-state index in [1.165, 1.54) is 19.3 Å². The molecule has 0 saturated carbocycles. The summed E-state index contributed by atoms with van der Waals surface area (Å²) in [7, 11) is 0. The number of thiophene rings is 1. The van der Waals surface area contributed by atoms with Gasteiger partial charge in [0, 0.05) is 25.7 Å². The van der Waals surface area contributed by atoms with Crippen LogP contribution in [0.3, 0.4) is 0 Å². The van der Waals surface area contributed by atoms with E-state index in [2.05, 4.69) is 15.4 Å². The van der Waals surface area contributed by atoms with Gasteiger partial charge >= 0.3 is 0 Å². The normalized spacial score (nSPS) is 22.6. The summed E-state index contributed by atoms with van der Waals surface area (Å²) >= 11 is 1.57. The third-order valence-corrected chi connectivity index (χ3v) is 5.95. The molecule has 2 fully saturated rings. The molecule has 6 nitrogen and oxygen atoms in total. The average molecular weight is 375 g/mol. The highest BCUT2D eigenvalue weighted by Gasteiger charge is 2.33. The van der Waals surface area contributed by atoms with Gasteiger partial charge in [0.1, 0.15) is 0 Å². The van der Waals surface area contributed by atoms with Crippen LogP contribution < -0.4 is 5.32 Å². The first kappa shape index (κ1) is 17.7. The molecule has 0 radical (unpaired) electrons. The van der Waals surface area contributed by atoms with E-state index in [1.807, 2.05) is 17.5 Å². The summed E-state index contributed by atoms with van der Waals surface area (Å²) in [4.78, 5) is 15.6. The number of carbonyl (C=O) groups is 1. The van der Waals surface area contributed by atoms with E-state index in [0.717, 1.165) is 37.4 Å². The van der Waals surface area contributed by atoms with Gasteiger partial charge in [0.15, 0.2) is 11.5 Å². The molecule has 2 aliphatic rings. The zero-order valence-corrected chi connectivity index (χ0v) is 15.7. The van der Waals surface area contributed by atoms with E-state index in [1.54, 1.807) is 17.4 Å². The Morgan fingerprint density at radius 1 is 1.27 bits per heavy atom. The number of carbonyl (C=O) groups excluding carboxylic acids is 1. The molecule has 0 aromatic carbocycles. The van der Waals surface area contributed by atoms with Crippen LogP contribution in [0.25, 0.3) is 10.6 Å². The number of morpholine rings is 1. The molecule has 4 heterocycles. The van der Waals surface area contributed by atoms with E-state index in [0.29, 0.717) is 30.2 Å². The monoisotopic (exact) mass is 375 g/mol. The molecule has 2 bridgehead atoms. The minimum Gasteiger partial charge on any atom is -0.372 e. The number of hydrogen-bond donors (Lipinski definition) is 1. The van der Waals surface area contributed by atoms with Gasteiger partial charge in [-0.1, -0.05) is 17.6 Å². The molecule has 2 unspecified atom stereocenters. The highest BCUT2D eigenvalue weighted by molar-refractivity contribution is 7.13. The van der Waals surface area contributed by atoms with Crippen molar-refractivity contribution in [1.29, 1.82) is 0 Å². The topological polar surface area (TPSA) is 67.6 Å². The summed E-state index contributed by atoms with van der Waals surface area (Å²) in [5, 5.41) is 8.77. The lowest BCUT2D eigenvalue weighted by atomic mass is 10.2. The van der Waals surface area contributed by atoms with Crippen molar-refractivity contribution in [3.63, 3.8) is 0 Å². The molecule has 2 atom stereocenters. The Kier molecular flexibility index (Phi) is 5.67. The Morgan fingerprint density at radius 3 is 2.88 bits per heavy atom. The lowest BCUT2D eigenvalue weighted by molar-refractivity contribution is -0.0385. The molecule has 0 spiro atoms. The van der Waals surface area contributed by atoms with Crippen LogP contribution in [0.2, 0.25) is 0 Å². The SMILES string of the molecule is O=C(NCCCCCN1CC2CCC(C1)O2)c1cc(-c2cccs2)on1. The molecule has 26 heavy (non-hydrogen) atoms. The predicted octanol–water partition coefficient (Wildman–Crippen LogP) is 3.17. The van der Waals surface area contributed by atoms with Crippen molar-refractivity contribution in [2.24, 2.45) is 0 Å². The lowest BCUT2D eigenvalue weighted by Crippen LogP contribution is -2.42. The summed E-state index contributed by atoms with van der Waals surface area (Å²) < 4.78 is 11.1. The molecule has 2 saturated heterocycles. The second kappa shape index (κ2) is 8.33.